The van der Waals surface area contributed by atoms with Crippen LogP contribution in [-0.4, -0.2) is 81.4 Å². The number of aromatic nitrogens is 1. The predicted molar refractivity (Wildman–Crippen MR) is 124 cm³/mol. The molecular weight excluding hydrogens is 504 g/mol. The van der Waals surface area contributed by atoms with Gasteiger partial charge < -0.3 is 31.0 Å². The highest BCUT2D eigenvalue weighted by molar-refractivity contribution is 8.00. The van der Waals surface area contributed by atoms with Crippen molar-refractivity contribution < 1.29 is 38.7 Å². The van der Waals surface area contributed by atoms with Crippen LogP contribution in [0.3, 0.4) is 0 Å². The molecule has 3 heterocycles. The number of rotatable bonds is 11. The highest BCUT2D eigenvalue weighted by atomic mass is 32.2. The van der Waals surface area contributed by atoms with Crippen molar-refractivity contribution in [2.24, 2.45) is 16.8 Å². The number of ether oxygens (including phenoxy) is 1. The van der Waals surface area contributed by atoms with Crippen molar-refractivity contribution in [1.29, 1.82) is 0 Å². The third kappa shape index (κ3) is 5.89. The van der Waals surface area contributed by atoms with Gasteiger partial charge in [-0.25, -0.2) is 14.6 Å². The fourth-order valence-corrected chi connectivity index (χ4v) is 5.10. The van der Waals surface area contributed by atoms with E-state index in [0.717, 1.165) is 16.2 Å². The van der Waals surface area contributed by atoms with Gasteiger partial charge in [-0.3, -0.25) is 19.3 Å². The molecule has 0 saturated carbocycles. The van der Waals surface area contributed by atoms with Gasteiger partial charge in [0, 0.05) is 16.7 Å². The number of β-lactam (4-membered cyclic amide) rings is 1. The van der Waals surface area contributed by atoms with E-state index in [0.29, 0.717) is 6.41 Å². The number of nitrogens with two attached hydrogens (primary N) is 1. The van der Waals surface area contributed by atoms with Gasteiger partial charge in [0.1, 0.15) is 36.0 Å². The monoisotopic (exact) mass is 526 g/mol. The number of amides is 4. The Labute approximate surface area is 206 Å². The van der Waals surface area contributed by atoms with Crippen LogP contribution < -0.4 is 16.4 Å². The number of hydrogen-bond donors (Lipinski definition) is 4. The van der Waals surface area contributed by atoms with Crippen LogP contribution >= 0.6 is 23.1 Å². The van der Waals surface area contributed by atoms with E-state index >= 15 is 0 Å². The molecule has 188 valence electrons. The van der Waals surface area contributed by atoms with Crippen LogP contribution in [0, 0.1) is 5.92 Å². The van der Waals surface area contributed by atoms with Crippen LogP contribution in [-0.2, 0) is 28.8 Å². The van der Waals surface area contributed by atoms with Crippen LogP contribution in [0.1, 0.15) is 19.5 Å². The predicted octanol–water partition coefficient (Wildman–Crippen LogP) is -0.0780. The van der Waals surface area contributed by atoms with Crippen LogP contribution in [0.2, 0.25) is 0 Å². The maximum Gasteiger partial charge on any atom is 0.404 e. The molecule has 35 heavy (non-hydrogen) atoms. The van der Waals surface area contributed by atoms with E-state index in [9.17, 15) is 29.1 Å². The number of carbonyl (C=O) groups excluding carboxylic acids is 4. The molecule has 5 N–H and O–H groups in total. The Kier molecular flexibility index (Phi) is 8.29. The molecule has 0 spiro atoms. The molecule has 1 aromatic heterocycles. The summed E-state index contributed by atoms with van der Waals surface area (Å²) in [5, 5.41) is 19.5. The molecule has 0 aromatic carbocycles. The minimum atomic E-state index is -1.38. The summed E-state index contributed by atoms with van der Waals surface area (Å²) in [6.07, 6.45) is -0.637. The number of carboxylic acid groups (broad SMARTS) is 1. The summed E-state index contributed by atoms with van der Waals surface area (Å²) < 4.78 is 4.68. The molecule has 1 aromatic rings. The molecule has 14 nitrogen and oxygen atoms in total. The molecular formula is C19H22N6O8S2. The van der Waals surface area contributed by atoms with E-state index in [-0.39, 0.29) is 52.7 Å². The summed E-state index contributed by atoms with van der Waals surface area (Å²) in [7, 11) is 0. The topological polar surface area (TPSA) is 203 Å². The molecule has 1 saturated heterocycles. The number of nitrogens with one attached hydrogen (secondary N) is 2. The fraction of sp³-hybridized carbons (Fsp3) is 0.421. The van der Waals surface area contributed by atoms with Gasteiger partial charge in [-0.1, -0.05) is 19.0 Å². The van der Waals surface area contributed by atoms with Gasteiger partial charge in [-0.2, -0.15) is 0 Å². The second-order valence-corrected chi connectivity index (χ2v) is 9.62. The first-order valence-corrected chi connectivity index (χ1v) is 12.1. The van der Waals surface area contributed by atoms with E-state index < -0.39 is 35.3 Å². The van der Waals surface area contributed by atoms with Gasteiger partial charge in [0.15, 0.2) is 10.8 Å². The lowest BCUT2D eigenvalue weighted by molar-refractivity contribution is -0.150. The zero-order chi connectivity index (χ0) is 25.7. The van der Waals surface area contributed by atoms with Crippen molar-refractivity contribution >= 4 is 64.2 Å². The summed E-state index contributed by atoms with van der Waals surface area (Å²) in [4.78, 5) is 69.6. The number of thioether (sulfide) groups is 1. The van der Waals surface area contributed by atoms with Crippen LogP contribution in [0.5, 0.6) is 0 Å². The molecule has 2 atom stereocenters. The lowest BCUT2D eigenvalue weighted by atomic mass is 10.0. The molecule has 0 radical (unpaired) electrons. The van der Waals surface area contributed by atoms with E-state index in [1.54, 1.807) is 0 Å². The van der Waals surface area contributed by atoms with Crippen molar-refractivity contribution in [3.63, 3.8) is 0 Å². The number of oxime groups is 1. The maximum absolute atomic E-state index is 13.0. The molecule has 1 fully saturated rings. The maximum atomic E-state index is 13.0. The normalized spacial score (nSPS) is 19.6. The molecule has 0 aliphatic carbocycles. The first-order valence-electron chi connectivity index (χ1n) is 10.1. The van der Waals surface area contributed by atoms with E-state index in [1.165, 1.54) is 17.1 Å². The smallest absolute Gasteiger partial charge is 0.404 e. The molecule has 16 heteroatoms. The van der Waals surface area contributed by atoms with Gasteiger partial charge in [0.25, 0.3) is 11.8 Å². The standard InChI is InChI=1S/C19H22N6O8S2/c1-8(2)3-33-24-11(10-6-35-19(22-10)21-7-26)14(27)23-12-15(28)25-13(17(29)30)9(4-32-18(20)31)5-34-16(12)25/h6-8,12,16H,3-5H2,1-2H3,(H2,20,31)(H,23,27)(H,29,30)(H,21,22,26)/t12?,16-/m0/s1. The minimum Gasteiger partial charge on any atom is -0.477 e. The summed E-state index contributed by atoms with van der Waals surface area (Å²) in [5.41, 5.74) is 4.75. The molecule has 3 rings (SSSR count). The van der Waals surface area contributed by atoms with Crippen LogP contribution in [0.15, 0.2) is 21.8 Å². The fourth-order valence-electron chi connectivity index (χ4n) is 3.12. The van der Waals surface area contributed by atoms with Gasteiger partial charge >= 0.3 is 12.1 Å². The number of nitrogens with zero attached hydrogens (tertiary/aromatic N) is 3. The number of fused-ring (bicyclic) bond motifs is 1. The van der Waals surface area contributed by atoms with Crippen LogP contribution in [0.25, 0.3) is 0 Å². The number of aliphatic carboxylic acids is 1. The number of thiazole rings is 1. The summed E-state index contributed by atoms with van der Waals surface area (Å²) in [6, 6.07) is -1.04. The number of hydrogen-bond acceptors (Lipinski definition) is 11. The van der Waals surface area contributed by atoms with Gasteiger partial charge in [-0.15, -0.1) is 23.1 Å². The summed E-state index contributed by atoms with van der Waals surface area (Å²) in [6.45, 7) is 3.63. The highest BCUT2D eigenvalue weighted by Gasteiger charge is 2.54. The number of carboxylic acids is 1. The minimum absolute atomic E-state index is 0.123. The quantitative estimate of drug-likeness (QED) is 0.131. The molecule has 4 amide bonds. The zero-order valence-electron chi connectivity index (χ0n) is 18.5. The lowest BCUT2D eigenvalue weighted by Gasteiger charge is -2.49. The average Bonchev–Trinajstić information content (AvgIpc) is 3.26. The highest BCUT2D eigenvalue weighted by Crippen LogP contribution is 2.40. The Morgan fingerprint density at radius 1 is 1.43 bits per heavy atom. The SMILES string of the molecule is CC(C)CON=C(C(=O)NC1C(=O)N2C(C(=O)O)=C(COC(N)=O)CS[C@@H]12)c1csc(NC=O)n1. The lowest BCUT2D eigenvalue weighted by Crippen LogP contribution is -2.71. The number of carbonyl (C=O) groups is 5. The van der Waals surface area contributed by atoms with E-state index in [2.05, 4.69) is 25.5 Å². The van der Waals surface area contributed by atoms with Crippen molar-refractivity contribution in [1.82, 2.24) is 15.2 Å². The summed E-state index contributed by atoms with van der Waals surface area (Å²) in [5.74, 6) is -2.53. The first-order chi connectivity index (χ1) is 16.6. The molecule has 2 aliphatic rings. The Morgan fingerprint density at radius 2 is 2.17 bits per heavy atom. The first kappa shape index (κ1) is 26.0. The number of anilines is 1. The van der Waals surface area contributed by atoms with E-state index in [1.807, 2.05) is 13.8 Å². The third-order valence-corrected chi connectivity index (χ3v) is 6.75. The Morgan fingerprint density at radius 3 is 2.80 bits per heavy atom. The van der Waals surface area contributed by atoms with Crippen molar-refractivity contribution in [2.75, 3.05) is 24.3 Å². The summed E-state index contributed by atoms with van der Waals surface area (Å²) >= 11 is 2.25. The Bertz CT molecular complexity index is 1100. The largest absolute Gasteiger partial charge is 0.477 e. The molecule has 1 unspecified atom stereocenters. The second-order valence-electron chi connectivity index (χ2n) is 7.66. The Balaban J connectivity index is 1.78. The van der Waals surface area contributed by atoms with E-state index in [4.69, 9.17) is 10.6 Å². The zero-order valence-corrected chi connectivity index (χ0v) is 20.2. The second kappa shape index (κ2) is 11.2. The van der Waals surface area contributed by atoms with Crippen molar-refractivity contribution in [3.8, 4) is 0 Å². The number of primary amides is 1. The van der Waals surface area contributed by atoms with Gasteiger partial charge in [0.05, 0.1) is 0 Å². The van der Waals surface area contributed by atoms with Crippen molar-refractivity contribution in [3.05, 3.63) is 22.3 Å². The van der Waals surface area contributed by atoms with Gasteiger partial charge in [-0.05, 0) is 5.92 Å². The van der Waals surface area contributed by atoms with Crippen molar-refractivity contribution in [2.45, 2.75) is 25.3 Å². The molecule has 0 bridgehead atoms. The third-order valence-electron chi connectivity index (χ3n) is 4.63. The average molecular weight is 527 g/mol. The molecule has 2 aliphatic heterocycles. The Hall–Kier alpha value is -3.66. The van der Waals surface area contributed by atoms with Crippen LogP contribution in [0.4, 0.5) is 9.93 Å². The van der Waals surface area contributed by atoms with Gasteiger partial charge in [0.2, 0.25) is 6.41 Å².